The van der Waals surface area contributed by atoms with E-state index in [0.717, 1.165) is 16.0 Å². The van der Waals surface area contributed by atoms with Crippen LogP contribution in [-0.4, -0.2) is 0 Å². The average Bonchev–Trinajstić information content (AvgIpc) is 2.81. The largest absolute Gasteiger partial charge is 0.323 e. The van der Waals surface area contributed by atoms with Gasteiger partial charge in [-0.25, -0.2) is 4.39 Å². The van der Waals surface area contributed by atoms with Gasteiger partial charge in [0, 0.05) is 15.6 Å². The van der Waals surface area contributed by atoms with Gasteiger partial charge in [-0.1, -0.05) is 25.8 Å². The minimum absolute atomic E-state index is 0.118. The zero-order valence-corrected chi connectivity index (χ0v) is 12.0. The molecule has 1 heterocycles. The van der Waals surface area contributed by atoms with Crippen LogP contribution in [-0.2, 0) is 0 Å². The summed E-state index contributed by atoms with van der Waals surface area (Å²) < 4.78 is 14.2. The SMILES string of the molecule is CC1CCC(C(N)c2cc3ccc(F)cc3s2)CC1. The summed E-state index contributed by atoms with van der Waals surface area (Å²) in [5.74, 6) is 1.27. The summed E-state index contributed by atoms with van der Waals surface area (Å²) in [6.45, 7) is 2.32. The normalized spacial score (nSPS) is 25.6. The molecule has 3 heteroatoms. The molecule has 1 fully saturated rings. The van der Waals surface area contributed by atoms with E-state index in [9.17, 15) is 4.39 Å². The van der Waals surface area contributed by atoms with Crippen LogP contribution in [0.3, 0.4) is 0 Å². The minimum atomic E-state index is -0.166. The average molecular weight is 277 g/mol. The van der Waals surface area contributed by atoms with Crippen molar-refractivity contribution in [2.45, 2.75) is 38.6 Å². The lowest BCUT2D eigenvalue weighted by Gasteiger charge is -2.30. The molecular formula is C16H20FNS. The molecule has 0 spiro atoms. The monoisotopic (exact) mass is 277 g/mol. The van der Waals surface area contributed by atoms with E-state index in [4.69, 9.17) is 5.73 Å². The van der Waals surface area contributed by atoms with Gasteiger partial charge in [-0.3, -0.25) is 0 Å². The Balaban J connectivity index is 1.83. The number of thiophene rings is 1. The first-order valence-electron chi connectivity index (χ1n) is 7.08. The van der Waals surface area contributed by atoms with E-state index in [0.29, 0.717) is 5.92 Å². The Hall–Kier alpha value is -0.930. The number of hydrogen-bond acceptors (Lipinski definition) is 2. The standard InChI is InChI=1S/C16H20FNS/c1-10-2-4-11(5-3-10)16(18)15-8-12-6-7-13(17)9-14(12)19-15/h6-11,16H,2-5,18H2,1H3. The van der Waals surface area contributed by atoms with Crippen LogP contribution >= 0.6 is 11.3 Å². The Bertz CT molecular complexity index is 569. The first-order valence-corrected chi connectivity index (χ1v) is 7.89. The zero-order chi connectivity index (χ0) is 13.4. The van der Waals surface area contributed by atoms with Gasteiger partial charge in [0.25, 0.3) is 0 Å². The molecule has 0 saturated heterocycles. The molecule has 1 saturated carbocycles. The summed E-state index contributed by atoms with van der Waals surface area (Å²) in [6.07, 6.45) is 5.03. The molecule has 0 aliphatic heterocycles. The van der Waals surface area contributed by atoms with Crippen molar-refractivity contribution in [3.8, 4) is 0 Å². The minimum Gasteiger partial charge on any atom is -0.323 e. The van der Waals surface area contributed by atoms with Crippen molar-refractivity contribution in [3.63, 3.8) is 0 Å². The topological polar surface area (TPSA) is 26.0 Å². The lowest BCUT2D eigenvalue weighted by molar-refractivity contribution is 0.258. The molecular weight excluding hydrogens is 257 g/mol. The predicted octanol–water partition coefficient (Wildman–Crippen LogP) is 4.87. The molecule has 0 amide bonds. The van der Waals surface area contributed by atoms with Crippen molar-refractivity contribution in [2.24, 2.45) is 17.6 Å². The van der Waals surface area contributed by atoms with Crippen LogP contribution in [0.1, 0.15) is 43.5 Å². The second-order valence-electron chi connectivity index (χ2n) is 5.88. The van der Waals surface area contributed by atoms with E-state index < -0.39 is 0 Å². The van der Waals surface area contributed by atoms with Crippen LogP contribution < -0.4 is 5.73 Å². The number of fused-ring (bicyclic) bond motifs is 1. The maximum atomic E-state index is 13.2. The maximum Gasteiger partial charge on any atom is 0.124 e. The van der Waals surface area contributed by atoms with Gasteiger partial charge in [0.2, 0.25) is 0 Å². The van der Waals surface area contributed by atoms with Crippen molar-refractivity contribution in [2.75, 3.05) is 0 Å². The fourth-order valence-electron chi connectivity index (χ4n) is 3.07. The van der Waals surface area contributed by atoms with Gasteiger partial charge in [0.1, 0.15) is 5.82 Å². The molecule has 0 radical (unpaired) electrons. The van der Waals surface area contributed by atoms with Crippen molar-refractivity contribution in [3.05, 3.63) is 35.0 Å². The van der Waals surface area contributed by atoms with Crippen molar-refractivity contribution < 1.29 is 4.39 Å². The third kappa shape index (κ3) is 2.67. The summed E-state index contributed by atoms with van der Waals surface area (Å²) in [6, 6.07) is 7.24. The van der Waals surface area contributed by atoms with Gasteiger partial charge in [0.15, 0.2) is 0 Å². The van der Waals surface area contributed by atoms with Crippen molar-refractivity contribution in [1.82, 2.24) is 0 Å². The third-order valence-electron chi connectivity index (χ3n) is 4.40. The summed E-state index contributed by atoms with van der Waals surface area (Å²) in [5, 5.41) is 1.11. The first kappa shape index (κ1) is 13.1. The number of benzene rings is 1. The van der Waals surface area contributed by atoms with Crippen molar-refractivity contribution >= 4 is 21.4 Å². The van der Waals surface area contributed by atoms with Crippen LogP contribution in [0.15, 0.2) is 24.3 Å². The highest BCUT2D eigenvalue weighted by molar-refractivity contribution is 7.19. The second kappa shape index (κ2) is 5.22. The van der Waals surface area contributed by atoms with Crippen molar-refractivity contribution in [1.29, 1.82) is 0 Å². The van der Waals surface area contributed by atoms with Crippen LogP contribution in [0.2, 0.25) is 0 Å². The molecule has 1 aromatic heterocycles. The summed E-state index contributed by atoms with van der Waals surface area (Å²) in [5.41, 5.74) is 6.43. The highest BCUT2D eigenvalue weighted by atomic mass is 32.1. The Morgan fingerprint density at radius 1 is 1.21 bits per heavy atom. The molecule has 2 N–H and O–H groups in total. The smallest absolute Gasteiger partial charge is 0.124 e. The van der Waals surface area contributed by atoms with Gasteiger partial charge in [-0.15, -0.1) is 11.3 Å². The molecule has 0 bridgehead atoms. The third-order valence-corrected chi connectivity index (χ3v) is 5.60. The first-order chi connectivity index (χ1) is 9.13. The van der Waals surface area contributed by atoms with E-state index in [1.54, 1.807) is 17.4 Å². The molecule has 2 aromatic rings. The summed E-state index contributed by atoms with van der Waals surface area (Å²) in [7, 11) is 0. The molecule has 1 aromatic carbocycles. The molecule has 3 rings (SSSR count). The quantitative estimate of drug-likeness (QED) is 0.833. The van der Waals surface area contributed by atoms with E-state index >= 15 is 0 Å². The Morgan fingerprint density at radius 3 is 2.68 bits per heavy atom. The maximum absolute atomic E-state index is 13.2. The molecule has 19 heavy (non-hydrogen) atoms. The van der Waals surface area contributed by atoms with Crippen LogP contribution in [0, 0.1) is 17.7 Å². The summed E-state index contributed by atoms with van der Waals surface area (Å²) in [4.78, 5) is 1.21. The fourth-order valence-corrected chi connectivity index (χ4v) is 4.25. The lowest BCUT2D eigenvalue weighted by Crippen LogP contribution is -2.24. The van der Waals surface area contributed by atoms with Gasteiger partial charge in [-0.05, 0) is 48.3 Å². The molecule has 1 aliphatic carbocycles. The van der Waals surface area contributed by atoms with Crippen LogP contribution in [0.5, 0.6) is 0 Å². The van der Waals surface area contributed by atoms with Crippen LogP contribution in [0.4, 0.5) is 4.39 Å². The number of rotatable bonds is 2. The molecule has 1 atom stereocenters. The summed E-state index contributed by atoms with van der Waals surface area (Å²) >= 11 is 1.65. The fraction of sp³-hybridized carbons (Fsp3) is 0.500. The van der Waals surface area contributed by atoms with Gasteiger partial charge in [-0.2, -0.15) is 0 Å². The van der Waals surface area contributed by atoms with Gasteiger partial charge in [0.05, 0.1) is 0 Å². The van der Waals surface area contributed by atoms with E-state index in [1.807, 2.05) is 6.07 Å². The molecule has 1 unspecified atom stereocenters. The number of hydrogen-bond donors (Lipinski definition) is 1. The molecule has 1 nitrogen and oxygen atoms in total. The van der Waals surface area contributed by atoms with Gasteiger partial charge >= 0.3 is 0 Å². The Kier molecular flexibility index (Phi) is 3.59. The predicted molar refractivity (Wildman–Crippen MR) is 79.8 cm³/mol. The van der Waals surface area contributed by atoms with Crippen LogP contribution in [0.25, 0.3) is 10.1 Å². The number of halogens is 1. The highest BCUT2D eigenvalue weighted by Crippen LogP contribution is 2.39. The number of nitrogens with two attached hydrogens (primary N) is 1. The Morgan fingerprint density at radius 2 is 1.95 bits per heavy atom. The van der Waals surface area contributed by atoms with E-state index in [-0.39, 0.29) is 11.9 Å². The Labute approximate surface area is 117 Å². The molecule has 1 aliphatic rings. The highest BCUT2D eigenvalue weighted by Gasteiger charge is 2.25. The van der Waals surface area contributed by atoms with E-state index in [1.165, 1.54) is 36.6 Å². The van der Waals surface area contributed by atoms with Gasteiger partial charge < -0.3 is 5.73 Å². The van der Waals surface area contributed by atoms with E-state index in [2.05, 4.69) is 13.0 Å². The second-order valence-corrected chi connectivity index (χ2v) is 6.99. The lowest BCUT2D eigenvalue weighted by atomic mass is 9.79. The molecule has 102 valence electrons. The zero-order valence-electron chi connectivity index (χ0n) is 11.2.